The summed E-state index contributed by atoms with van der Waals surface area (Å²) in [6.45, 7) is 21.5. The Balaban J connectivity index is -0.000000136. The average Bonchev–Trinajstić information content (AvgIpc) is 2.43. The zero-order valence-corrected chi connectivity index (χ0v) is 16.1. The van der Waals surface area contributed by atoms with Gasteiger partial charge in [0.15, 0.2) is 5.60 Å². The van der Waals surface area contributed by atoms with Gasteiger partial charge in [-0.05, 0) is 39.8 Å². The molecule has 0 rings (SSSR count). The Bertz CT molecular complexity index is 353. The molecule has 0 saturated heterocycles. The van der Waals surface area contributed by atoms with E-state index in [0.29, 0.717) is 10.8 Å². The molecular formula is C18H33ClO3. The lowest BCUT2D eigenvalue weighted by Gasteiger charge is -2.21. The van der Waals surface area contributed by atoms with Gasteiger partial charge in [-0.2, -0.15) is 0 Å². The van der Waals surface area contributed by atoms with Crippen molar-refractivity contribution in [2.75, 3.05) is 0 Å². The Morgan fingerprint density at radius 2 is 1.64 bits per heavy atom. The smallest absolute Gasteiger partial charge is 0.347 e. The quantitative estimate of drug-likeness (QED) is 0.473. The molecule has 0 atom stereocenters. The molecule has 0 saturated carbocycles. The van der Waals surface area contributed by atoms with E-state index in [0.717, 1.165) is 0 Å². The van der Waals surface area contributed by atoms with Crippen LogP contribution in [0.25, 0.3) is 0 Å². The highest BCUT2D eigenvalue weighted by Crippen LogP contribution is 2.14. The fourth-order valence-electron chi connectivity index (χ4n) is 0.827. The second-order valence-electron chi connectivity index (χ2n) is 3.88. The van der Waals surface area contributed by atoms with Crippen LogP contribution in [-0.2, 0) is 9.53 Å². The number of rotatable bonds is 5. The van der Waals surface area contributed by atoms with Crippen LogP contribution in [0.3, 0.4) is 0 Å². The van der Waals surface area contributed by atoms with Crippen molar-refractivity contribution in [1.29, 1.82) is 0 Å². The predicted octanol–water partition coefficient (Wildman–Crippen LogP) is 6.32. The second-order valence-corrected chi connectivity index (χ2v) is 4.36. The molecule has 0 amide bonds. The van der Waals surface area contributed by atoms with Crippen LogP contribution >= 0.6 is 11.6 Å². The van der Waals surface area contributed by atoms with Gasteiger partial charge in [0.25, 0.3) is 0 Å². The summed E-state index contributed by atoms with van der Waals surface area (Å²) >= 11 is 5.30. The van der Waals surface area contributed by atoms with Gasteiger partial charge in [-0.3, -0.25) is 0 Å². The lowest BCUT2D eigenvalue weighted by atomic mass is 10.1. The first-order chi connectivity index (χ1) is 10.2. The van der Waals surface area contributed by atoms with E-state index in [-0.39, 0.29) is 0 Å². The van der Waals surface area contributed by atoms with Crippen molar-refractivity contribution >= 4 is 17.6 Å². The Morgan fingerprint density at radius 3 is 1.82 bits per heavy atom. The van der Waals surface area contributed by atoms with Crippen molar-refractivity contribution in [2.45, 2.75) is 61.0 Å². The van der Waals surface area contributed by atoms with E-state index in [9.17, 15) is 4.79 Å². The Kier molecular flexibility index (Phi) is 25.4. The first-order valence-electron chi connectivity index (χ1n) is 7.36. The maximum Gasteiger partial charge on any atom is 0.347 e. The molecule has 0 aliphatic heterocycles. The van der Waals surface area contributed by atoms with E-state index in [2.05, 4.69) is 13.2 Å². The van der Waals surface area contributed by atoms with Crippen LogP contribution < -0.4 is 0 Å². The third kappa shape index (κ3) is 23.6. The summed E-state index contributed by atoms with van der Waals surface area (Å²) in [6.07, 6.45) is 6.74. The zero-order chi connectivity index (χ0) is 18.8. The van der Waals surface area contributed by atoms with E-state index < -0.39 is 11.6 Å². The minimum Gasteiger partial charge on any atom is -0.481 e. The van der Waals surface area contributed by atoms with Crippen LogP contribution in [0.1, 0.15) is 55.4 Å². The number of carbonyl (C=O) groups is 1. The molecule has 0 aromatic carbocycles. The predicted molar refractivity (Wildman–Crippen MR) is 99.3 cm³/mol. The van der Waals surface area contributed by atoms with Gasteiger partial charge in [0, 0.05) is 5.03 Å². The van der Waals surface area contributed by atoms with E-state index in [1.54, 1.807) is 25.2 Å². The number of halogens is 1. The minimum absolute atomic E-state index is 0.539. The normalized spacial score (nSPS) is 9.95. The van der Waals surface area contributed by atoms with E-state index in [4.69, 9.17) is 21.4 Å². The number of allylic oxidation sites excluding steroid dienone is 6. The van der Waals surface area contributed by atoms with Gasteiger partial charge in [0.05, 0.1) is 5.76 Å². The summed E-state index contributed by atoms with van der Waals surface area (Å²) in [6, 6.07) is 0. The van der Waals surface area contributed by atoms with Gasteiger partial charge in [-0.15, -0.1) is 0 Å². The highest BCUT2D eigenvalue weighted by molar-refractivity contribution is 6.30. The Morgan fingerprint density at radius 1 is 1.23 bits per heavy atom. The maximum absolute atomic E-state index is 10.6. The number of hydrogen-bond donors (Lipinski definition) is 1. The van der Waals surface area contributed by atoms with Crippen LogP contribution in [-0.4, -0.2) is 16.7 Å². The number of aliphatic carboxylic acids is 1. The lowest BCUT2D eigenvalue weighted by Crippen LogP contribution is -2.34. The minimum atomic E-state index is -1.18. The number of carboxylic acids is 1. The molecule has 0 spiro atoms. The molecule has 130 valence electrons. The monoisotopic (exact) mass is 332 g/mol. The summed E-state index contributed by atoms with van der Waals surface area (Å²) in [5, 5.41) is 9.26. The molecule has 0 radical (unpaired) electrons. The van der Waals surface area contributed by atoms with E-state index in [1.165, 1.54) is 13.8 Å². The van der Waals surface area contributed by atoms with Crippen LogP contribution in [0.4, 0.5) is 0 Å². The SMILES string of the molecule is C=C(Cl)/C=C\C.C=C/C=C(\C)OC(C)(C)C(=O)O.CC.CC. The highest BCUT2D eigenvalue weighted by atomic mass is 35.5. The zero-order valence-electron chi connectivity index (χ0n) is 15.4. The van der Waals surface area contributed by atoms with Crippen molar-refractivity contribution in [2.24, 2.45) is 0 Å². The van der Waals surface area contributed by atoms with Crippen molar-refractivity contribution in [3.8, 4) is 0 Å². The fourth-order valence-corrected chi connectivity index (χ4v) is 0.953. The first-order valence-corrected chi connectivity index (χ1v) is 7.74. The van der Waals surface area contributed by atoms with Crippen LogP contribution in [0.15, 0.2) is 48.3 Å². The molecule has 4 heteroatoms. The molecule has 0 fully saturated rings. The summed E-state index contributed by atoms with van der Waals surface area (Å²) in [5.74, 6) is -0.447. The average molecular weight is 333 g/mol. The maximum atomic E-state index is 10.6. The van der Waals surface area contributed by atoms with Gasteiger partial charge in [-0.1, -0.05) is 64.6 Å². The summed E-state index contributed by atoms with van der Waals surface area (Å²) in [5.41, 5.74) is -1.18. The van der Waals surface area contributed by atoms with Gasteiger partial charge >= 0.3 is 5.97 Å². The van der Waals surface area contributed by atoms with E-state index >= 15 is 0 Å². The Hall–Kier alpha value is -1.48. The van der Waals surface area contributed by atoms with Gasteiger partial charge in [-0.25, -0.2) is 4.79 Å². The largest absolute Gasteiger partial charge is 0.481 e. The van der Waals surface area contributed by atoms with Crippen molar-refractivity contribution < 1.29 is 14.6 Å². The molecule has 0 unspecified atom stereocenters. The lowest BCUT2D eigenvalue weighted by molar-refractivity contribution is -0.156. The molecule has 0 aromatic rings. The molecule has 22 heavy (non-hydrogen) atoms. The van der Waals surface area contributed by atoms with Crippen LogP contribution in [0.2, 0.25) is 0 Å². The first kappa shape index (κ1) is 28.6. The van der Waals surface area contributed by atoms with Gasteiger partial charge < -0.3 is 9.84 Å². The molecule has 0 heterocycles. The summed E-state index contributed by atoms with van der Waals surface area (Å²) < 4.78 is 5.13. The third-order valence-corrected chi connectivity index (χ3v) is 1.76. The topological polar surface area (TPSA) is 46.5 Å². The molecule has 1 N–H and O–H groups in total. The van der Waals surface area contributed by atoms with Crippen LogP contribution in [0.5, 0.6) is 0 Å². The van der Waals surface area contributed by atoms with Gasteiger partial charge in [0.2, 0.25) is 0 Å². The molecule has 0 aromatic heterocycles. The number of carboxylic acid groups (broad SMARTS) is 1. The Labute approximate surface area is 142 Å². The molecular weight excluding hydrogens is 300 g/mol. The number of hydrogen-bond acceptors (Lipinski definition) is 2. The molecule has 0 bridgehead atoms. The van der Waals surface area contributed by atoms with Crippen molar-refractivity contribution in [1.82, 2.24) is 0 Å². The van der Waals surface area contributed by atoms with Gasteiger partial charge in [0.1, 0.15) is 0 Å². The third-order valence-electron chi connectivity index (χ3n) is 1.63. The highest BCUT2D eigenvalue weighted by Gasteiger charge is 2.28. The molecule has 0 aliphatic carbocycles. The fraction of sp³-hybridized carbons (Fsp3) is 0.500. The standard InChI is InChI=1S/C9H14O3.C5H7Cl.2C2H6/c1-5-6-7(2)12-9(3,4)8(10)11;1-3-4-5(2)6;2*1-2/h5-6H,1H2,2-4H3,(H,10,11);3-4H,2H2,1H3;2*1-2H3/b7-6+;4-3-;;. The van der Waals surface area contributed by atoms with E-state index in [1.807, 2.05) is 40.7 Å². The molecule has 0 aliphatic rings. The molecule has 3 nitrogen and oxygen atoms in total. The van der Waals surface area contributed by atoms with Crippen molar-refractivity contribution in [3.63, 3.8) is 0 Å². The van der Waals surface area contributed by atoms with Crippen molar-refractivity contribution in [3.05, 3.63) is 48.3 Å². The van der Waals surface area contributed by atoms with Crippen LogP contribution in [0, 0.1) is 0 Å². The second kappa shape index (κ2) is 19.5. The summed E-state index contributed by atoms with van der Waals surface area (Å²) in [7, 11) is 0. The summed E-state index contributed by atoms with van der Waals surface area (Å²) in [4.78, 5) is 10.6. The number of ether oxygens (including phenoxy) is 1.